The van der Waals surface area contributed by atoms with E-state index in [4.69, 9.17) is 4.42 Å². The zero-order chi connectivity index (χ0) is 17.3. The predicted molar refractivity (Wildman–Crippen MR) is 88.7 cm³/mol. The number of furan rings is 1. The second kappa shape index (κ2) is 6.48. The third kappa shape index (κ3) is 3.90. The van der Waals surface area contributed by atoms with Gasteiger partial charge < -0.3 is 9.73 Å². The molecule has 0 bridgehead atoms. The van der Waals surface area contributed by atoms with E-state index in [0.717, 1.165) is 23.9 Å². The van der Waals surface area contributed by atoms with Gasteiger partial charge in [-0.3, -0.25) is 4.79 Å². The Balaban J connectivity index is 1.83. The van der Waals surface area contributed by atoms with Crippen LogP contribution in [0.2, 0.25) is 0 Å². The summed E-state index contributed by atoms with van der Waals surface area (Å²) in [6.45, 7) is 0. The highest BCUT2D eigenvalue weighted by Crippen LogP contribution is 2.33. The number of amides is 1. The average molecular weight is 417 g/mol. The number of aliphatic imine (C=N–C) groups is 1. The van der Waals surface area contributed by atoms with Gasteiger partial charge in [0.25, 0.3) is 5.91 Å². The molecule has 1 N–H and O–H groups in total. The van der Waals surface area contributed by atoms with Crippen LogP contribution in [-0.4, -0.2) is 11.1 Å². The van der Waals surface area contributed by atoms with E-state index in [0.29, 0.717) is 15.3 Å². The quantitative estimate of drug-likeness (QED) is 0.704. The molecule has 1 amide bonds. The molecular formula is C15H8BrF3N2O2S. The van der Waals surface area contributed by atoms with E-state index in [1.165, 1.54) is 18.2 Å². The molecule has 1 aliphatic rings. The minimum atomic E-state index is -4.44. The van der Waals surface area contributed by atoms with Gasteiger partial charge in [0.05, 0.1) is 16.2 Å². The van der Waals surface area contributed by atoms with E-state index in [2.05, 4.69) is 26.2 Å². The number of carbonyl (C=O) groups excluding carboxylic acids is 1. The van der Waals surface area contributed by atoms with Crippen molar-refractivity contribution < 1.29 is 22.4 Å². The van der Waals surface area contributed by atoms with Crippen molar-refractivity contribution in [3.05, 3.63) is 57.3 Å². The SMILES string of the molecule is O=C1NC(=Nc2cccc(C(F)(F)F)c2)SC1=Cc1ccc(Br)o1. The van der Waals surface area contributed by atoms with Crippen molar-refractivity contribution in [3.8, 4) is 0 Å². The number of amidine groups is 1. The topological polar surface area (TPSA) is 54.6 Å². The molecule has 0 unspecified atom stereocenters. The van der Waals surface area contributed by atoms with Crippen LogP contribution in [0, 0.1) is 0 Å². The van der Waals surface area contributed by atoms with E-state index in [1.54, 1.807) is 12.1 Å². The molecule has 9 heteroatoms. The van der Waals surface area contributed by atoms with Crippen molar-refractivity contribution in [2.45, 2.75) is 6.18 Å². The van der Waals surface area contributed by atoms with Crippen LogP contribution in [0.15, 0.2) is 55.4 Å². The Morgan fingerprint density at radius 2 is 2.04 bits per heavy atom. The van der Waals surface area contributed by atoms with Crippen LogP contribution >= 0.6 is 27.7 Å². The largest absolute Gasteiger partial charge is 0.450 e. The first kappa shape index (κ1) is 16.8. The van der Waals surface area contributed by atoms with Crippen LogP contribution in [0.25, 0.3) is 6.08 Å². The maximum Gasteiger partial charge on any atom is 0.416 e. The fourth-order valence-electron chi connectivity index (χ4n) is 1.88. The first-order chi connectivity index (χ1) is 11.3. The summed E-state index contributed by atoms with van der Waals surface area (Å²) in [5.41, 5.74) is -0.690. The minimum Gasteiger partial charge on any atom is -0.450 e. The summed E-state index contributed by atoms with van der Waals surface area (Å²) >= 11 is 4.18. The summed E-state index contributed by atoms with van der Waals surface area (Å²) in [5, 5.41) is 2.71. The number of alkyl halides is 3. The van der Waals surface area contributed by atoms with Gasteiger partial charge in [0.15, 0.2) is 9.84 Å². The van der Waals surface area contributed by atoms with E-state index in [1.807, 2.05) is 0 Å². The third-order valence-electron chi connectivity index (χ3n) is 2.92. The molecule has 1 aromatic heterocycles. The molecule has 1 aromatic carbocycles. The van der Waals surface area contributed by atoms with Crippen LogP contribution < -0.4 is 5.32 Å². The summed E-state index contributed by atoms with van der Waals surface area (Å²) in [5.74, 6) is 0.0816. The highest BCUT2D eigenvalue weighted by atomic mass is 79.9. The lowest BCUT2D eigenvalue weighted by molar-refractivity contribution is -0.137. The number of hydrogen-bond acceptors (Lipinski definition) is 4. The predicted octanol–water partition coefficient (Wildman–Crippen LogP) is 4.95. The Labute approximate surface area is 147 Å². The molecule has 1 saturated heterocycles. The Hall–Kier alpha value is -2.00. The summed E-state index contributed by atoms with van der Waals surface area (Å²) in [6.07, 6.45) is -2.92. The van der Waals surface area contributed by atoms with Gasteiger partial charge in [0.1, 0.15) is 5.76 Å². The lowest BCUT2D eigenvalue weighted by atomic mass is 10.2. The molecule has 0 radical (unpaired) electrons. The Kier molecular flexibility index (Phi) is 4.55. The van der Waals surface area contributed by atoms with Crippen LogP contribution in [0.3, 0.4) is 0 Å². The second-order valence-electron chi connectivity index (χ2n) is 4.67. The van der Waals surface area contributed by atoms with E-state index in [9.17, 15) is 18.0 Å². The lowest BCUT2D eigenvalue weighted by Crippen LogP contribution is -2.19. The number of hydrogen-bond donors (Lipinski definition) is 1. The van der Waals surface area contributed by atoms with Crippen molar-refractivity contribution >= 4 is 50.5 Å². The number of carbonyl (C=O) groups is 1. The van der Waals surface area contributed by atoms with Gasteiger partial charge in [0.2, 0.25) is 0 Å². The van der Waals surface area contributed by atoms with Gasteiger partial charge in [-0.2, -0.15) is 13.2 Å². The highest BCUT2D eigenvalue weighted by molar-refractivity contribution is 9.10. The molecule has 24 heavy (non-hydrogen) atoms. The minimum absolute atomic E-state index is 0.106. The zero-order valence-electron chi connectivity index (χ0n) is 11.7. The van der Waals surface area contributed by atoms with Gasteiger partial charge in [-0.1, -0.05) is 6.07 Å². The summed E-state index contributed by atoms with van der Waals surface area (Å²) in [6, 6.07) is 7.94. The first-order valence-electron chi connectivity index (χ1n) is 6.53. The van der Waals surface area contributed by atoms with Gasteiger partial charge in [-0.15, -0.1) is 0 Å². The molecule has 124 valence electrons. The fraction of sp³-hybridized carbons (Fsp3) is 0.0667. The molecule has 2 aromatic rings. The smallest absolute Gasteiger partial charge is 0.416 e. The highest BCUT2D eigenvalue weighted by Gasteiger charge is 2.30. The van der Waals surface area contributed by atoms with Gasteiger partial charge >= 0.3 is 6.18 Å². The molecule has 3 rings (SSSR count). The van der Waals surface area contributed by atoms with Gasteiger partial charge in [-0.05, 0) is 58.0 Å². The number of nitrogens with zero attached hydrogens (tertiary/aromatic N) is 1. The zero-order valence-corrected chi connectivity index (χ0v) is 14.1. The normalized spacial score (nSPS) is 18.4. The van der Waals surface area contributed by atoms with E-state index in [-0.39, 0.29) is 10.9 Å². The molecule has 2 heterocycles. The van der Waals surface area contributed by atoms with E-state index >= 15 is 0 Å². The molecular weight excluding hydrogens is 409 g/mol. The van der Waals surface area contributed by atoms with Crippen LogP contribution in [0.1, 0.15) is 11.3 Å². The maximum atomic E-state index is 12.7. The van der Waals surface area contributed by atoms with Gasteiger partial charge in [0, 0.05) is 6.08 Å². The standard InChI is InChI=1S/C15H8BrF3N2O2S/c16-12-5-4-10(23-12)7-11-13(22)21-14(24-11)20-9-3-1-2-8(6-9)15(17,18)19/h1-7H,(H,20,21,22). The molecule has 0 atom stereocenters. The summed E-state index contributed by atoms with van der Waals surface area (Å²) < 4.78 is 43.9. The lowest BCUT2D eigenvalue weighted by Gasteiger charge is -2.06. The van der Waals surface area contributed by atoms with Crippen LogP contribution in [-0.2, 0) is 11.0 Å². The third-order valence-corrected chi connectivity index (χ3v) is 4.26. The average Bonchev–Trinajstić information content (AvgIpc) is 3.05. The van der Waals surface area contributed by atoms with Crippen LogP contribution in [0.5, 0.6) is 0 Å². The molecule has 1 aliphatic heterocycles. The monoisotopic (exact) mass is 416 g/mol. The van der Waals surface area contributed by atoms with Gasteiger partial charge in [-0.25, -0.2) is 4.99 Å². The van der Waals surface area contributed by atoms with Crippen molar-refractivity contribution in [1.29, 1.82) is 0 Å². The number of rotatable bonds is 2. The second-order valence-corrected chi connectivity index (χ2v) is 6.48. The van der Waals surface area contributed by atoms with E-state index < -0.39 is 17.6 Å². The first-order valence-corrected chi connectivity index (χ1v) is 8.14. The van der Waals surface area contributed by atoms with Crippen molar-refractivity contribution in [2.75, 3.05) is 0 Å². The fourth-order valence-corrected chi connectivity index (χ4v) is 3.03. The number of benzene rings is 1. The van der Waals surface area contributed by atoms with Crippen LogP contribution in [0.4, 0.5) is 18.9 Å². The molecule has 4 nitrogen and oxygen atoms in total. The Morgan fingerprint density at radius 1 is 1.25 bits per heavy atom. The summed E-state index contributed by atoms with van der Waals surface area (Å²) in [4.78, 5) is 16.3. The number of thioether (sulfide) groups is 1. The number of halogens is 4. The van der Waals surface area contributed by atoms with Crippen molar-refractivity contribution in [2.24, 2.45) is 4.99 Å². The molecule has 0 aliphatic carbocycles. The van der Waals surface area contributed by atoms with Crippen molar-refractivity contribution in [1.82, 2.24) is 5.32 Å². The molecule has 0 saturated carbocycles. The maximum absolute atomic E-state index is 12.7. The van der Waals surface area contributed by atoms with Crippen molar-refractivity contribution in [3.63, 3.8) is 0 Å². The summed E-state index contributed by atoms with van der Waals surface area (Å²) in [7, 11) is 0. The molecule has 1 fully saturated rings. The Bertz CT molecular complexity index is 858. The number of nitrogens with one attached hydrogen (secondary N) is 1. The molecule has 0 spiro atoms. The Morgan fingerprint density at radius 3 is 2.71 bits per heavy atom.